The number of nitrogen functional groups attached to an aromatic ring is 1. The fraction of sp³-hybridized carbons (Fsp3) is 0.538. The first-order valence-corrected chi connectivity index (χ1v) is 8.80. The third kappa shape index (κ3) is 2.99. The van der Waals surface area contributed by atoms with Gasteiger partial charge < -0.3 is 5.73 Å². The zero-order chi connectivity index (χ0) is 14.9. The van der Waals surface area contributed by atoms with E-state index in [2.05, 4.69) is 15.9 Å². The van der Waals surface area contributed by atoms with Crippen LogP contribution in [0.3, 0.4) is 0 Å². The lowest BCUT2D eigenvalue weighted by atomic mass is 9.96. The number of hydrogen-bond acceptors (Lipinski definition) is 3. The van der Waals surface area contributed by atoms with E-state index in [1.807, 2.05) is 0 Å². The van der Waals surface area contributed by atoms with Crippen molar-refractivity contribution in [1.82, 2.24) is 4.31 Å². The van der Waals surface area contributed by atoms with Crippen LogP contribution in [0.1, 0.15) is 32.1 Å². The highest BCUT2D eigenvalue weighted by Crippen LogP contribution is 2.32. The molecule has 1 saturated carbocycles. The summed E-state index contributed by atoms with van der Waals surface area (Å²) in [5.41, 5.74) is 5.32. The molecule has 0 unspecified atom stereocenters. The maximum atomic E-state index is 13.3. The van der Waals surface area contributed by atoms with Gasteiger partial charge in [0.05, 0.1) is 10.6 Å². The van der Waals surface area contributed by atoms with Crippen LogP contribution in [0.25, 0.3) is 0 Å². The van der Waals surface area contributed by atoms with Crippen molar-refractivity contribution >= 4 is 31.6 Å². The number of anilines is 1. The van der Waals surface area contributed by atoms with Gasteiger partial charge in [0.15, 0.2) is 0 Å². The molecule has 0 atom stereocenters. The Morgan fingerprint density at radius 3 is 2.50 bits per heavy atom. The van der Waals surface area contributed by atoms with Gasteiger partial charge in [-0.05, 0) is 40.9 Å². The summed E-state index contributed by atoms with van der Waals surface area (Å²) in [6.45, 7) is 0. The first-order chi connectivity index (χ1) is 9.34. The molecular weight excluding hydrogens is 347 g/mol. The van der Waals surface area contributed by atoms with Gasteiger partial charge in [-0.3, -0.25) is 0 Å². The number of rotatable bonds is 3. The SMILES string of the molecule is CN(C1CCCCC1)S(=O)(=O)c1cc(N)c(F)cc1Br. The topological polar surface area (TPSA) is 63.4 Å². The average molecular weight is 365 g/mol. The van der Waals surface area contributed by atoms with Crippen molar-refractivity contribution in [1.29, 1.82) is 0 Å². The van der Waals surface area contributed by atoms with Crippen LogP contribution < -0.4 is 5.73 Å². The third-order valence-corrected chi connectivity index (χ3v) is 6.67. The van der Waals surface area contributed by atoms with Gasteiger partial charge in [0.2, 0.25) is 10.0 Å². The van der Waals surface area contributed by atoms with Crippen LogP contribution in [0.2, 0.25) is 0 Å². The molecule has 2 N–H and O–H groups in total. The Bertz CT molecular complexity index is 601. The highest BCUT2D eigenvalue weighted by Gasteiger charge is 2.31. The van der Waals surface area contributed by atoms with Crippen LogP contribution in [-0.2, 0) is 10.0 Å². The minimum atomic E-state index is -3.67. The van der Waals surface area contributed by atoms with Crippen LogP contribution in [0.15, 0.2) is 21.5 Å². The Balaban J connectivity index is 2.36. The predicted octanol–water partition coefficient (Wildman–Crippen LogP) is 3.12. The molecule has 0 saturated heterocycles. The monoisotopic (exact) mass is 364 g/mol. The maximum Gasteiger partial charge on any atom is 0.244 e. The fourth-order valence-electron chi connectivity index (χ4n) is 2.54. The van der Waals surface area contributed by atoms with Crippen LogP contribution >= 0.6 is 15.9 Å². The Morgan fingerprint density at radius 1 is 1.30 bits per heavy atom. The molecule has 0 amide bonds. The molecule has 1 aliphatic carbocycles. The maximum absolute atomic E-state index is 13.3. The van der Waals surface area contributed by atoms with Gasteiger partial charge in [0.25, 0.3) is 0 Å². The molecule has 4 nitrogen and oxygen atoms in total. The second-order valence-corrected chi connectivity index (χ2v) is 7.94. The number of sulfonamides is 1. The molecule has 0 aliphatic heterocycles. The van der Waals surface area contributed by atoms with Crippen LogP contribution in [0.4, 0.5) is 10.1 Å². The van der Waals surface area contributed by atoms with E-state index in [0.29, 0.717) is 0 Å². The van der Waals surface area contributed by atoms with E-state index in [1.54, 1.807) is 7.05 Å². The van der Waals surface area contributed by atoms with E-state index in [0.717, 1.165) is 38.2 Å². The smallest absolute Gasteiger partial charge is 0.244 e. The second-order valence-electron chi connectivity index (χ2n) is 5.12. The Kier molecular flexibility index (Phi) is 4.71. The second kappa shape index (κ2) is 5.99. The molecule has 112 valence electrons. The van der Waals surface area contributed by atoms with Gasteiger partial charge >= 0.3 is 0 Å². The van der Waals surface area contributed by atoms with E-state index in [4.69, 9.17) is 5.73 Å². The van der Waals surface area contributed by atoms with Crippen molar-refractivity contribution in [3.05, 3.63) is 22.4 Å². The molecule has 0 radical (unpaired) electrons. The largest absolute Gasteiger partial charge is 0.396 e. The van der Waals surface area contributed by atoms with Crippen molar-refractivity contribution in [2.75, 3.05) is 12.8 Å². The molecule has 0 bridgehead atoms. The number of benzene rings is 1. The molecular formula is C13H18BrFN2O2S. The number of hydrogen-bond donors (Lipinski definition) is 1. The van der Waals surface area contributed by atoms with Crippen LogP contribution in [-0.4, -0.2) is 25.8 Å². The Morgan fingerprint density at radius 2 is 1.90 bits per heavy atom. The van der Waals surface area contributed by atoms with Gasteiger partial charge in [0, 0.05) is 17.6 Å². The van der Waals surface area contributed by atoms with Crippen molar-refractivity contribution < 1.29 is 12.8 Å². The van der Waals surface area contributed by atoms with E-state index in [1.165, 1.54) is 10.4 Å². The van der Waals surface area contributed by atoms with Gasteiger partial charge in [-0.15, -0.1) is 0 Å². The molecule has 7 heteroatoms. The fourth-order valence-corrected chi connectivity index (χ4v) is 4.96. The molecule has 1 fully saturated rings. The van der Waals surface area contributed by atoms with E-state index >= 15 is 0 Å². The first-order valence-electron chi connectivity index (χ1n) is 6.56. The molecule has 0 heterocycles. The summed E-state index contributed by atoms with van der Waals surface area (Å²) >= 11 is 3.11. The predicted molar refractivity (Wildman–Crippen MR) is 80.3 cm³/mol. The summed E-state index contributed by atoms with van der Waals surface area (Å²) in [5.74, 6) is -0.629. The minimum absolute atomic E-state index is 0.00641. The van der Waals surface area contributed by atoms with E-state index in [-0.39, 0.29) is 21.1 Å². The van der Waals surface area contributed by atoms with Gasteiger partial charge in [-0.2, -0.15) is 4.31 Å². The lowest BCUT2D eigenvalue weighted by Crippen LogP contribution is -2.38. The number of nitrogens with zero attached hydrogens (tertiary/aromatic N) is 1. The summed E-state index contributed by atoms with van der Waals surface area (Å²) in [6, 6.07) is 2.28. The van der Waals surface area contributed by atoms with Crippen molar-refractivity contribution in [2.24, 2.45) is 0 Å². The first kappa shape index (κ1) is 15.7. The summed E-state index contributed by atoms with van der Waals surface area (Å²) in [7, 11) is -2.09. The quantitative estimate of drug-likeness (QED) is 0.838. The number of halogens is 2. The summed E-state index contributed by atoms with van der Waals surface area (Å²) in [5, 5.41) is 0. The molecule has 20 heavy (non-hydrogen) atoms. The summed E-state index contributed by atoms with van der Waals surface area (Å²) in [6.07, 6.45) is 4.96. The van der Waals surface area contributed by atoms with Gasteiger partial charge in [-0.25, -0.2) is 12.8 Å². The molecule has 1 aliphatic rings. The minimum Gasteiger partial charge on any atom is -0.396 e. The van der Waals surface area contributed by atoms with Crippen LogP contribution in [0, 0.1) is 5.82 Å². The third-order valence-electron chi connectivity index (χ3n) is 3.80. The summed E-state index contributed by atoms with van der Waals surface area (Å²) < 4.78 is 40.2. The highest BCUT2D eigenvalue weighted by atomic mass is 79.9. The summed E-state index contributed by atoms with van der Waals surface area (Å²) in [4.78, 5) is 0.0180. The average Bonchev–Trinajstić information content (AvgIpc) is 2.42. The number of nitrogens with two attached hydrogens (primary N) is 1. The zero-order valence-corrected chi connectivity index (χ0v) is 13.7. The highest BCUT2D eigenvalue weighted by molar-refractivity contribution is 9.10. The Labute approximate surface area is 127 Å². The normalized spacial score (nSPS) is 17.6. The molecule has 0 spiro atoms. The van der Waals surface area contributed by atoms with E-state index in [9.17, 15) is 12.8 Å². The molecule has 2 rings (SSSR count). The lowest BCUT2D eigenvalue weighted by Gasteiger charge is -2.30. The molecule has 1 aromatic carbocycles. The van der Waals surface area contributed by atoms with Crippen molar-refractivity contribution in [2.45, 2.75) is 43.0 Å². The van der Waals surface area contributed by atoms with Crippen molar-refractivity contribution in [3.63, 3.8) is 0 Å². The molecule has 0 aromatic heterocycles. The molecule has 1 aromatic rings. The van der Waals surface area contributed by atoms with Gasteiger partial charge in [0.1, 0.15) is 5.82 Å². The van der Waals surface area contributed by atoms with Gasteiger partial charge in [-0.1, -0.05) is 19.3 Å². The lowest BCUT2D eigenvalue weighted by molar-refractivity contribution is 0.285. The van der Waals surface area contributed by atoms with Crippen molar-refractivity contribution in [3.8, 4) is 0 Å². The van der Waals surface area contributed by atoms with Crippen LogP contribution in [0.5, 0.6) is 0 Å². The van der Waals surface area contributed by atoms with E-state index < -0.39 is 15.8 Å². The standard InChI is InChI=1S/C13H18BrFN2O2S/c1-17(9-5-3-2-4-6-9)20(18,19)13-8-12(16)11(15)7-10(13)14/h7-9H,2-6,16H2,1H3. The zero-order valence-electron chi connectivity index (χ0n) is 11.3. The Hall–Kier alpha value is -0.660.